The van der Waals surface area contributed by atoms with E-state index in [-0.39, 0.29) is 4.99 Å². The quantitative estimate of drug-likeness (QED) is 0.395. The summed E-state index contributed by atoms with van der Waals surface area (Å²) in [6.07, 6.45) is 1.68. The van der Waals surface area contributed by atoms with E-state index in [0.29, 0.717) is 5.57 Å². The Balaban J connectivity index is 3.03. The van der Waals surface area contributed by atoms with E-state index in [4.69, 9.17) is 23.2 Å². The summed E-state index contributed by atoms with van der Waals surface area (Å²) in [5.41, 5.74) is 6.62. The molecule has 0 radical (unpaired) electrons. The fraction of sp³-hybridized carbons (Fsp3) is 0. The fourth-order valence-electron chi connectivity index (χ4n) is 0.884. The minimum absolute atomic E-state index is 0.131. The van der Waals surface area contributed by atoms with Crippen molar-refractivity contribution in [2.45, 2.75) is 0 Å². The summed E-state index contributed by atoms with van der Waals surface area (Å²) in [4.78, 5) is 0.131. The van der Waals surface area contributed by atoms with Gasteiger partial charge in [0, 0.05) is 3.57 Å². The SMILES string of the molecule is N#C/C(=C/c1ccc(I)cc1)C(N)=S. The third-order valence-corrected chi connectivity index (χ3v) is 2.51. The van der Waals surface area contributed by atoms with Gasteiger partial charge in [-0.2, -0.15) is 5.26 Å². The van der Waals surface area contributed by atoms with Crippen LogP contribution in [0.3, 0.4) is 0 Å². The van der Waals surface area contributed by atoms with Crippen molar-refractivity contribution in [1.82, 2.24) is 0 Å². The first kappa shape index (κ1) is 11.1. The molecule has 0 atom stereocenters. The highest BCUT2D eigenvalue weighted by atomic mass is 127. The zero-order chi connectivity index (χ0) is 10.6. The molecule has 2 N–H and O–H groups in total. The van der Waals surface area contributed by atoms with Crippen LogP contribution in [0.15, 0.2) is 29.8 Å². The molecule has 1 rings (SSSR count). The van der Waals surface area contributed by atoms with Crippen molar-refractivity contribution in [2.24, 2.45) is 5.73 Å². The Labute approximate surface area is 102 Å². The molecule has 0 aromatic heterocycles. The van der Waals surface area contributed by atoms with Crippen LogP contribution in [-0.4, -0.2) is 4.99 Å². The number of nitrogens with zero attached hydrogens (tertiary/aromatic N) is 1. The molecule has 4 heteroatoms. The Hall–Kier alpha value is -0.930. The highest BCUT2D eigenvalue weighted by Gasteiger charge is 1.98. The van der Waals surface area contributed by atoms with Crippen molar-refractivity contribution in [2.75, 3.05) is 0 Å². The maximum atomic E-state index is 8.73. The molecular formula is C10H7IN2S. The lowest BCUT2D eigenvalue weighted by Gasteiger charge is -1.96. The van der Waals surface area contributed by atoms with E-state index in [1.54, 1.807) is 6.08 Å². The van der Waals surface area contributed by atoms with Gasteiger partial charge in [-0.3, -0.25) is 0 Å². The first-order valence-corrected chi connectivity index (χ1v) is 5.29. The summed E-state index contributed by atoms with van der Waals surface area (Å²) in [5, 5.41) is 8.73. The van der Waals surface area contributed by atoms with Crippen molar-refractivity contribution in [1.29, 1.82) is 5.26 Å². The van der Waals surface area contributed by atoms with E-state index >= 15 is 0 Å². The summed E-state index contributed by atoms with van der Waals surface area (Å²) in [6.45, 7) is 0. The third-order valence-electron chi connectivity index (χ3n) is 1.57. The van der Waals surface area contributed by atoms with E-state index in [2.05, 4.69) is 22.6 Å². The zero-order valence-electron chi connectivity index (χ0n) is 7.20. The van der Waals surface area contributed by atoms with Gasteiger partial charge in [0.25, 0.3) is 0 Å². The van der Waals surface area contributed by atoms with Crippen LogP contribution in [-0.2, 0) is 0 Å². The van der Waals surface area contributed by atoms with Crippen LogP contribution >= 0.6 is 34.8 Å². The van der Waals surface area contributed by atoms with Gasteiger partial charge >= 0.3 is 0 Å². The molecule has 14 heavy (non-hydrogen) atoms. The first-order chi connectivity index (χ1) is 6.63. The van der Waals surface area contributed by atoms with Crippen LogP contribution in [0.2, 0.25) is 0 Å². The van der Waals surface area contributed by atoms with Crippen LogP contribution in [0.1, 0.15) is 5.56 Å². The molecule has 0 amide bonds. The molecule has 1 aromatic rings. The molecule has 0 aliphatic rings. The van der Waals surface area contributed by atoms with Crippen LogP contribution in [0.4, 0.5) is 0 Å². The summed E-state index contributed by atoms with van der Waals surface area (Å²) >= 11 is 6.94. The number of nitriles is 1. The van der Waals surface area contributed by atoms with Crippen molar-refractivity contribution >= 4 is 45.9 Å². The minimum atomic E-state index is 0.131. The van der Waals surface area contributed by atoms with Gasteiger partial charge in [-0.25, -0.2) is 0 Å². The van der Waals surface area contributed by atoms with Crippen molar-refractivity contribution in [3.63, 3.8) is 0 Å². The second-order valence-electron chi connectivity index (χ2n) is 2.59. The van der Waals surface area contributed by atoms with Gasteiger partial charge in [-0.15, -0.1) is 0 Å². The molecule has 1 aromatic carbocycles. The number of nitrogens with two attached hydrogens (primary N) is 1. The Morgan fingerprint density at radius 3 is 2.43 bits per heavy atom. The predicted octanol–water partition coefficient (Wildman–Crippen LogP) is 2.48. The fourth-order valence-corrected chi connectivity index (χ4v) is 1.35. The van der Waals surface area contributed by atoms with E-state index in [1.807, 2.05) is 30.3 Å². The molecule has 0 bridgehead atoms. The lowest BCUT2D eigenvalue weighted by atomic mass is 10.1. The standard InChI is InChI=1S/C10H7IN2S/c11-9-3-1-7(2-4-9)5-8(6-12)10(13)14/h1-5H,(H2,13,14)/b8-5-. The van der Waals surface area contributed by atoms with Crippen LogP contribution < -0.4 is 5.73 Å². The Kier molecular flexibility index (Phi) is 4.04. The van der Waals surface area contributed by atoms with Gasteiger partial charge in [0.15, 0.2) is 0 Å². The third kappa shape index (κ3) is 3.09. The van der Waals surface area contributed by atoms with Gasteiger partial charge in [-0.05, 0) is 46.4 Å². The zero-order valence-corrected chi connectivity index (χ0v) is 10.2. The molecule has 0 saturated heterocycles. The summed E-state index contributed by atoms with van der Waals surface area (Å²) < 4.78 is 1.15. The van der Waals surface area contributed by atoms with E-state index in [9.17, 15) is 0 Å². The van der Waals surface area contributed by atoms with Crippen molar-refractivity contribution < 1.29 is 0 Å². The van der Waals surface area contributed by atoms with E-state index < -0.39 is 0 Å². The van der Waals surface area contributed by atoms with Gasteiger partial charge in [0.05, 0.1) is 5.57 Å². The average molecular weight is 314 g/mol. The summed E-state index contributed by atoms with van der Waals surface area (Å²) in [7, 11) is 0. The highest BCUT2D eigenvalue weighted by Crippen LogP contribution is 2.10. The Bertz CT molecular complexity index is 415. The minimum Gasteiger partial charge on any atom is -0.389 e. The normalized spacial score (nSPS) is 10.7. The molecule has 0 spiro atoms. The van der Waals surface area contributed by atoms with Crippen LogP contribution in [0, 0.1) is 14.9 Å². The van der Waals surface area contributed by atoms with Crippen molar-refractivity contribution in [3.05, 3.63) is 39.0 Å². The molecule has 0 unspecified atom stereocenters. The number of halogens is 1. The predicted molar refractivity (Wildman–Crippen MR) is 69.5 cm³/mol. The highest BCUT2D eigenvalue weighted by molar-refractivity contribution is 14.1. The Morgan fingerprint density at radius 2 is 2.00 bits per heavy atom. The molecule has 0 fully saturated rings. The van der Waals surface area contributed by atoms with Gasteiger partial charge in [0.2, 0.25) is 0 Å². The lowest BCUT2D eigenvalue weighted by Crippen LogP contribution is -2.09. The van der Waals surface area contributed by atoms with Crippen LogP contribution in [0.25, 0.3) is 6.08 Å². The second-order valence-corrected chi connectivity index (χ2v) is 4.27. The first-order valence-electron chi connectivity index (χ1n) is 3.80. The van der Waals surface area contributed by atoms with Gasteiger partial charge in [-0.1, -0.05) is 24.4 Å². The molecule has 0 aliphatic carbocycles. The van der Waals surface area contributed by atoms with E-state index in [1.165, 1.54) is 0 Å². The molecule has 2 nitrogen and oxygen atoms in total. The smallest absolute Gasteiger partial charge is 0.114 e. The monoisotopic (exact) mass is 314 g/mol. The average Bonchev–Trinajstić information content (AvgIpc) is 2.16. The maximum Gasteiger partial charge on any atom is 0.114 e. The summed E-state index contributed by atoms with van der Waals surface area (Å²) in [6, 6.07) is 9.70. The molecular weight excluding hydrogens is 307 g/mol. The van der Waals surface area contributed by atoms with Crippen molar-refractivity contribution in [3.8, 4) is 6.07 Å². The molecule has 0 aliphatic heterocycles. The number of thiocarbonyl (C=S) groups is 1. The number of hydrogen-bond donors (Lipinski definition) is 1. The number of rotatable bonds is 2. The van der Waals surface area contributed by atoms with Crippen LogP contribution in [0.5, 0.6) is 0 Å². The Morgan fingerprint density at radius 1 is 1.43 bits per heavy atom. The van der Waals surface area contributed by atoms with Gasteiger partial charge in [0.1, 0.15) is 11.1 Å². The topological polar surface area (TPSA) is 49.8 Å². The maximum absolute atomic E-state index is 8.73. The molecule has 0 saturated carbocycles. The van der Waals surface area contributed by atoms with E-state index in [0.717, 1.165) is 9.13 Å². The molecule has 0 heterocycles. The van der Waals surface area contributed by atoms with Gasteiger partial charge < -0.3 is 5.73 Å². The summed E-state index contributed by atoms with van der Waals surface area (Å²) in [5.74, 6) is 0. The second kappa shape index (κ2) is 5.08. The molecule has 70 valence electrons. The number of benzene rings is 1. The number of hydrogen-bond acceptors (Lipinski definition) is 2. The largest absolute Gasteiger partial charge is 0.389 e. The lowest BCUT2D eigenvalue weighted by molar-refractivity contribution is 1.51.